The van der Waals surface area contributed by atoms with Crippen molar-refractivity contribution in [2.45, 2.75) is 46.0 Å². The van der Waals surface area contributed by atoms with Crippen molar-refractivity contribution >= 4 is 39.8 Å². The zero-order valence-electron chi connectivity index (χ0n) is 20.3. The fourth-order valence-electron chi connectivity index (χ4n) is 3.62. The number of nitrogens with zero attached hydrogens (tertiary/aromatic N) is 3. The number of hydrazone groups is 1. The molecule has 1 atom stereocenters. The standard InChI is InChI=1S/C27H30N4O3S/c1-4-6-24-30-31-25(28)23(26(32)29-27(31)35-24)17-19-7-11-21(12-8-19)33-15-16-34-22-13-9-20(10-14-22)18(3)5-2/h7-14,17-18,28H,4-6,15-16H2,1-3H3/b23-17-,28-25?. The Bertz CT molecular complexity index is 1170. The number of ether oxygens (including phenoxy) is 2. The topological polar surface area (TPSA) is 87.3 Å². The third-order valence-corrected chi connectivity index (χ3v) is 6.80. The van der Waals surface area contributed by atoms with Crippen LogP contribution in [0.5, 0.6) is 11.5 Å². The highest BCUT2D eigenvalue weighted by atomic mass is 32.2. The number of nitrogens with one attached hydrogen (secondary N) is 1. The van der Waals surface area contributed by atoms with Gasteiger partial charge in [-0.3, -0.25) is 10.2 Å². The number of hydrogen-bond donors (Lipinski definition) is 1. The molecule has 8 heteroatoms. The Morgan fingerprint density at radius 2 is 1.66 bits per heavy atom. The predicted octanol–water partition coefficient (Wildman–Crippen LogP) is 6.08. The van der Waals surface area contributed by atoms with Crippen LogP contribution in [-0.2, 0) is 4.79 Å². The maximum Gasteiger partial charge on any atom is 0.283 e. The molecule has 2 heterocycles. The van der Waals surface area contributed by atoms with E-state index in [1.807, 2.05) is 36.4 Å². The van der Waals surface area contributed by atoms with Crippen LogP contribution in [0.15, 0.2) is 64.2 Å². The lowest BCUT2D eigenvalue weighted by molar-refractivity contribution is -0.114. The van der Waals surface area contributed by atoms with Gasteiger partial charge in [-0.05, 0) is 78.4 Å². The number of amidine groups is 2. The van der Waals surface area contributed by atoms with E-state index in [1.54, 1.807) is 6.08 Å². The van der Waals surface area contributed by atoms with Crippen LogP contribution < -0.4 is 9.47 Å². The summed E-state index contributed by atoms with van der Waals surface area (Å²) in [4.78, 5) is 16.6. The Morgan fingerprint density at radius 1 is 1.03 bits per heavy atom. The number of amides is 1. The number of hydrogen-bond acceptors (Lipinski definition) is 6. The summed E-state index contributed by atoms with van der Waals surface area (Å²) in [6, 6.07) is 15.6. The van der Waals surface area contributed by atoms with E-state index >= 15 is 0 Å². The molecule has 0 radical (unpaired) electrons. The lowest BCUT2D eigenvalue weighted by Crippen LogP contribution is -2.35. The first-order chi connectivity index (χ1) is 17.0. The summed E-state index contributed by atoms with van der Waals surface area (Å²) in [5.41, 5.74) is 2.32. The largest absolute Gasteiger partial charge is 0.490 e. The average Bonchev–Trinajstić information content (AvgIpc) is 3.28. The van der Waals surface area contributed by atoms with E-state index in [1.165, 1.54) is 22.3 Å². The van der Waals surface area contributed by atoms with Gasteiger partial charge in [0, 0.05) is 0 Å². The number of carbonyl (C=O) groups is 1. The maximum atomic E-state index is 12.5. The highest BCUT2D eigenvalue weighted by Gasteiger charge is 2.35. The summed E-state index contributed by atoms with van der Waals surface area (Å²) in [5.74, 6) is 1.71. The van der Waals surface area contributed by atoms with Crippen molar-refractivity contribution in [3.8, 4) is 11.5 Å². The molecule has 182 valence electrons. The second kappa shape index (κ2) is 11.4. The number of thioether (sulfide) groups is 1. The van der Waals surface area contributed by atoms with Crippen molar-refractivity contribution in [3.63, 3.8) is 0 Å². The van der Waals surface area contributed by atoms with Gasteiger partial charge in [-0.2, -0.15) is 15.1 Å². The Hall–Kier alpha value is -3.39. The molecule has 4 rings (SSSR count). The molecule has 1 N–H and O–H groups in total. The summed E-state index contributed by atoms with van der Waals surface area (Å²) in [6.07, 6.45) is 4.53. The smallest absolute Gasteiger partial charge is 0.283 e. The number of rotatable bonds is 10. The van der Waals surface area contributed by atoms with Crippen molar-refractivity contribution in [2.24, 2.45) is 10.1 Å². The minimum atomic E-state index is -0.420. The van der Waals surface area contributed by atoms with E-state index < -0.39 is 5.91 Å². The summed E-state index contributed by atoms with van der Waals surface area (Å²) < 4.78 is 11.6. The third-order valence-electron chi connectivity index (χ3n) is 5.83. The van der Waals surface area contributed by atoms with E-state index in [2.05, 4.69) is 43.0 Å². The quantitative estimate of drug-likeness (QED) is 0.322. The third kappa shape index (κ3) is 6.00. The number of carbonyl (C=O) groups excluding carboxylic acids is 1. The van der Waals surface area contributed by atoms with E-state index in [0.717, 1.165) is 35.6 Å². The molecule has 0 aromatic heterocycles. The van der Waals surface area contributed by atoms with Gasteiger partial charge in [0.2, 0.25) is 5.17 Å². The van der Waals surface area contributed by atoms with Crippen LogP contribution in [0.1, 0.15) is 57.1 Å². The maximum absolute atomic E-state index is 12.5. The first-order valence-electron chi connectivity index (χ1n) is 11.9. The van der Waals surface area contributed by atoms with Gasteiger partial charge < -0.3 is 9.47 Å². The fourth-order valence-corrected chi connectivity index (χ4v) is 4.61. The molecule has 2 aliphatic rings. The number of aliphatic imine (C=N–C) groups is 1. The fraction of sp³-hybridized carbons (Fsp3) is 0.333. The molecule has 0 fully saturated rings. The van der Waals surface area contributed by atoms with Crippen LogP contribution in [-0.4, -0.2) is 40.2 Å². The van der Waals surface area contributed by atoms with Crippen molar-refractivity contribution in [2.75, 3.05) is 13.2 Å². The van der Waals surface area contributed by atoms with E-state index in [9.17, 15) is 4.79 Å². The van der Waals surface area contributed by atoms with Gasteiger partial charge in [0.25, 0.3) is 5.91 Å². The summed E-state index contributed by atoms with van der Waals surface area (Å²) in [5, 5.41) is 15.6. The van der Waals surface area contributed by atoms with Gasteiger partial charge in [-0.25, -0.2) is 0 Å². The van der Waals surface area contributed by atoms with Crippen LogP contribution in [0.4, 0.5) is 0 Å². The molecule has 2 aromatic rings. The zero-order valence-corrected chi connectivity index (χ0v) is 21.1. The molecule has 2 aliphatic heterocycles. The Morgan fingerprint density at radius 3 is 2.26 bits per heavy atom. The second-order valence-corrected chi connectivity index (χ2v) is 9.45. The molecule has 0 saturated carbocycles. The van der Waals surface area contributed by atoms with E-state index in [-0.39, 0.29) is 11.4 Å². The summed E-state index contributed by atoms with van der Waals surface area (Å²) >= 11 is 1.36. The van der Waals surface area contributed by atoms with Crippen molar-refractivity contribution in [3.05, 3.63) is 65.2 Å². The monoisotopic (exact) mass is 490 g/mol. The Balaban J connectivity index is 1.30. The lowest BCUT2D eigenvalue weighted by Gasteiger charge is -2.20. The van der Waals surface area contributed by atoms with E-state index in [4.69, 9.17) is 14.9 Å². The molecule has 1 amide bonds. The predicted molar refractivity (Wildman–Crippen MR) is 142 cm³/mol. The van der Waals surface area contributed by atoms with Crippen LogP contribution >= 0.6 is 11.8 Å². The number of fused-ring (bicyclic) bond motifs is 1. The van der Waals surface area contributed by atoms with Crippen LogP contribution in [0.25, 0.3) is 6.08 Å². The molecular weight excluding hydrogens is 460 g/mol. The summed E-state index contributed by atoms with van der Waals surface area (Å²) in [6.45, 7) is 7.33. The molecule has 35 heavy (non-hydrogen) atoms. The minimum absolute atomic E-state index is 0.0493. The Labute approximate surface area is 210 Å². The lowest BCUT2D eigenvalue weighted by atomic mass is 9.99. The van der Waals surface area contributed by atoms with Gasteiger partial charge >= 0.3 is 0 Å². The average molecular weight is 491 g/mol. The molecule has 2 aromatic carbocycles. The van der Waals surface area contributed by atoms with Crippen LogP contribution in [0.2, 0.25) is 0 Å². The normalized spacial score (nSPS) is 17.2. The van der Waals surface area contributed by atoms with Gasteiger partial charge in [-0.1, -0.05) is 45.0 Å². The van der Waals surface area contributed by atoms with Gasteiger partial charge in [0.1, 0.15) is 29.8 Å². The molecule has 0 saturated heterocycles. The van der Waals surface area contributed by atoms with Gasteiger partial charge in [0.15, 0.2) is 5.84 Å². The minimum Gasteiger partial charge on any atom is -0.490 e. The molecule has 0 aliphatic carbocycles. The van der Waals surface area contributed by atoms with Gasteiger partial charge in [0.05, 0.1) is 5.57 Å². The highest BCUT2D eigenvalue weighted by molar-refractivity contribution is 8.26. The number of benzene rings is 2. The highest BCUT2D eigenvalue weighted by Crippen LogP contribution is 2.30. The van der Waals surface area contributed by atoms with E-state index in [0.29, 0.717) is 30.0 Å². The first kappa shape index (κ1) is 24.7. The SMILES string of the molecule is CCCC1=NN2C(=N)/C(=C/c3ccc(OCCOc4ccc(C(C)CC)cc4)cc3)C(=O)N=C2S1. The molecule has 7 nitrogen and oxygen atoms in total. The Kier molecular flexibility index (Phi) is 8.02. The van der Waals surface area contributed by atoms with Crippen molar-refractivity contribution in [1.82, 2.24) is 5.01 Å². The molecule has 1 unspecified atom stereocenters. The second-order valence-electron chi connectivity index (χ2n) is 8.41. The van der Waals surface area contributed by atoms with Gasteiger partial charge in [-0.15, -0.1) is 0 Å². The van der Waals surface area contributed by atoms with Crippen LogP contribution in [0, 0.1) is 5.41 Å². The molecular formula is C27H30N4O3S. The summed E-state index contributed by atoms with van der Waals surface area (Å²) in [7, 11) is 0. The molecule has 0 spiro atoms. The molecule has 0 bridgehead atoms. The van der Waals surface area contributed by atoms with Crippen molar-refractivity contribution in [1.29, 1.82) is 5.41 Å². The van der Waals surface area contributed by atoms with Crippen molar-refractivity contribution < 1.29 is 14.3 Å². The first-order valence-corrected chi connectivity index (χ1v) is 12.7. The van der Waals surface area contributed by atoms with Crippen LogP contribution in [0.3, 0.4) is 0 Å². The zero-order chi connectivity index (χ0) is 24.8.